The van der Waals surface area contributed by atoms with Gasteiger partial charge in [0.1, 0.15) is 5.69 Å². The molecule has 0 fully saturated rings. The minimum absolute atomic E-state index is 0.0623. The molecule has 10 heteroatoms. The average Bonchev–Trinajstić information content (AvgIpc) is 3.30. The Labute approximate surface area is 145 Å². The summed E-state index contributed by atoms with van der Waals surface area (Å²) in [7, 11) is 1.56. The SMILES string of the molecule is CNc1ccc(C(=O)OCc2noc(-c3ccsc3)n2)cc1[N+](=O)[O-]. The van der Waals surface area contributed by atoms with Gasteiger partial charge in [-0.05, 0) is 23.6 Å². The van der Waals surface area contributed by atoms with Gasteiger partial charge in [0.15, 0.2) is 6.61 Å². The lowest BCUT2D eigenvalue weighted by molar-refractivity contribution is -0.384. The zero-order chi connectivity index (χ0) is 17.8. The third kappa shape index (κ3) is 3.63. The summed E-state index contributed by atoms with van der Waals surface area (Å²) in [6.07, 6.45) is 0. The predicted molar refractivity (Wildman–Crippen MR) is 89.4 cm³/mol. The normalized spacial score (nSPS) is 10.4. The average molecular weight is 360 g/mol. The molecule has 0 radical (unpaired) electrons. The van der Waals surface area contributed by atoms with E-state index in [1.807, 2.05) is 16.8 Å². The van der Waals surface area contributed by atoms with Crippen molar-refractivity contribution in [3.8, 4) is 11.5 Å². The fraction of sp³-hybridized carbons (Fsp3) is 0.133. The molecule has 9 nitrogen and oxygen atoms in total. The highest BCUT2D eigenvalue weighted by Gasteiger charge is 2.18. The number of thiophene rings is 1. The molecule has 2 aromatic heterocycles. The number of ether oxygens (including phenoxy) is 1. The van der Waals surface area contributed by atoms with Gasteiger partial charge in [-0.15, -0.1) is 0 Å². The number of hydrogen-bond acceptors (Lipinski definition) is 9. The minimum atomic E-state index is -0.715. The number of nitro groups is 1. The number of carbonyl (C=O) groups is 1. The molecule has 2 heterocycles. The van der Waals surface area contributed by atoms with Gasteiger partial charge in [-0.25, -0.2) is 4.79 Å². The van der Waals surface area contributed by atoms with Crippen molar-refractivity contribution in [2.45, 2.75) is 6.61 Å². The van der Waals surface area contributed by atoms with Crippen LogP contribution in [0.1, 0.15) is 16.2 Å². The number of hydrogen-bond donors (Lipinski definition) is 1. The maximum Gasteiger partial charge on any atom is 0.338 e. The van der Waals surface area contributed by atoms with E-state index in [9.17, 15) is 14.9 Å². The molecule has 1 aromatic carbocycles. The molecule has 0 unspecified atom stereocenters. The van der Waals surface area contributed by atoms with Crippen LogP contribution in [0.4, 0.5) is 11.4 Å². The van der Waals surface area contributed by atoms with E-state index in [1.165, 1.54) is 23.5 Å². The van der Waals surface area contributed by atoms with Gasteiger partial charge in [0, 0.05) is 18.5 Å². The first-order valence-electron chi connectivity index (χ1n) is 7.07. The third-order valence-electron chi connectivity index (χ3n) is 3.27. The number of nitrogens with one attached hydrogen (secondary N) is 1. The predicted octanol–water partition coefficient (Wildman–Crippen LogP) is 3.11. The molecule has 128 valence electrons. The lowest BCUT2D eigenvalue weighted by Crippen LogP contribution is -2.07. The molecule has 0 amide bonds. The lowest BCUT2D eigenvalue weighted by atomic mass is 10.1. The minimum Gasteiger partial charge on any atom is -0.454 e. The highest BCUT2D eigenvalue weighted by molar-refractivity contribution is 7.08. The summed E-state index contributed by atoms with van der Waals surface area (Å²) in [5, 5.41) is 21.2. The Kier molecular flexibility index (Phi) is 4.70. The highest BCUT2D eigenvalue weighted by atomic mass is 32.1. The van der Waals surface area contributed by atoms with E-state index in [-0.39, 0.29) is 23.7 Å². The van der Waals surface area contributed by atoms with Gasteiger partial charge in [0.2, 0.25) is 5.82 Å². The van der Waals surface area contributed by atoms with E-state index < -0.39 is 10.9 Å². The van der Waals surface area contributed by atoms with E-state index >= 15 is 0 Å². The number of aromatic nitrogens is 2. The molecule has 0 saturated heterocycles. The van der Waals surface area contributed by atoms with Crippen LogP contribution in [0, 0.1) is 10.1 Å². The Bertz CT molecular complexity index is 907. The monoisotopic (exact) mass is 360 g/mol. The number of nitrogens with zero attached hydrogens (tertiary/aromatic N) is 3. The summed E-state index contributed by atoms with van der Waals surface area (Å²) in [4.78, 5) is 26.7. The number of benzene rings is 1. The van der Waals surface area contributed by atoms with Crippen LogP contribution in [0.3, 0.4) is 0 Å². The maximum absolute atomic E-state index is 12.1. The van der Waals surface area contributed by atoms with Crippen LogP contribution in [0.5, 0.6) is 0 Å². The van der Waals surface area contributed by atoms with Gasteiger partial charge in [-0.2, -0.15) is 16.3 Å². The largest absolute Gasteiger partial charge is 0.454 e. The molecule has 3 aromatic rings. The van der Waals surface area contributed by atoms with Crippen molar-refractivity contribution >= 4 is 28.7 Å². The topological polar surface area (TPSA) is 120 Å². The van der Waals surface area contributed by atoms with Crippen LogP contribution in [0.15, 0.2) is 39.5 Å². The van der Waals surface area contributed by atoms with E-state index in [0.717, 1.165) is 11.6 Å². The van der Waals surface area contributed by atoms with Crippen molar-refractivity contribution in [3.05, 3.63) is 56.5 Å². The molecule has 0 bridgehead atoms. The van der Waals surface area contributed by atoms with Crippen molar-refractivity contribution in [2.24, 2.45) is 0 Å². The van der Waals surface area contributed by atoms with Gasteiger partial charge in [0.05, 0.1) is 16.1 Å². The van der Waals surface area contributed by atoms with Crippen LogP contribution in [-0.2, 0) is 11.3 Å². The fourth-order valence-electron chi connectivity index (χ4n) is 2.05. The summed E-state index contributed by atoms with van der Waals surface area (Å²) in [6, 6.07) is 5.86. The molecular formula is C15H12N4O5S. The van der Waals surface area contributed by atoms with Crippen LogP contribution in [0.25, 0.3) is 11.5 Å². The number of carbonyl (C=O) groups excluding carboxylic acids is 1. The second-order valence-corrected chi connectivity index (χ2v) is 5.62. The first kappa shape index (κ1) is 16.6. The molecule has 0 atom stereocenters. The number of nitro benzene ring substituents is 1. The highest BCUT2D eigenvalue weighted by Crippen LogP contribution is 2.25. The Hall–Kier alpha value is -3.27. The number of esters is 1. The van der Waals surface area contributed by atoms with Crippen molar-refractivity contribution in [3.63, 3.8) is 0 Å². The summed E-state index contributed by atoms with van der Waals surface area (Å²) in [5.41, 5.74) is 0.942. The summed E-state index contributed by atoms with van der Waals surface area (Å²) in [6.45, 7) is -0.200. The number of anilines is 1. The van der Waals surface area contributed by atoms with Crippen LogP contribution < -0.4 is 5.32 Å². The summed E-state index contributed by atoms with van der Waals surface area (Å²) in [5.74, 6) is -0.176. The Morgan fingerprint density at radius 2 is 2.28 bits per heavy atom. The zero-order valence-corrected chi connectivity index (χ0v) is 13.8. The maximum atomic E-state index is 12.1. The van der Waals surface area contributed by atoms with Crippen molar-refractivity contribution < 1.29 is 19.0 Å². The van der Waals surface area contributed by atoms with Gasteiger partial charge < -0.3 is 14.6 Å². The van der Waals surface area contributed by atoms with Gasteiger partial charge >= 0.3 is 5.97 Å². The van der Waals surface area contributed by atoms with E-state index in [0.29, 0.717) is 11.6 Å². The first-order chi connectivity index (χ1) is 12.1. The Morgan fingerprint density at radius 3 is 2.96 bits per heavy atom. The molecule has 1 N–H and O–H groups in total. The molecule has 0 aliphatic rings. The summed E-state index contributed by atoms with van der Waals surface area (Å²) >= 11 is 1.49. The summed E-state index contributed by atoms with van der Waals surface area (Å²) < 4.78 is 10.2. The second kappa shape index (κ2) is 7.09. The second-order valence-electron chi connectivity index (χ2n) is 4.84. The Morgan fingerprint density at radius 1 is 1.44 bits per heavy atom. The zero-order valence-electron chi connectivity index (χ0n) is 13.0. The van der Waals surface area contributed by atoms with Crippen LogP contribution in [-0.4, -0.2) is 28.1 Å². The first-order valence-corrected chi connectivity index (χ1v) is 8.01. The fourth-order valence-corrected chi connectivity index (χ4v) is 2.68. The van der Waals surface area contributed by atoms with Gasteiger partial charge in [-0.3, -0.25) is 10.1 Å². The quantitative estimate of drug-likeness (QED) is 0.404. The molecule has 0 aliphatic heterocycles. The molecule has 0 aliphatic carbocycles. The number of rotatable bonds is 6. The van der Waals surface area contributed by atoms with Crippen molar-refractivity contribution in [1.82, 2.24) is 10.1 Å². The Balaban J connectivity index is 1.69. The molecule has 3 rings (SSSR count). The van der Waals surface area contributed by atoms with Crippen LogP contribution in [0.2, 0.25) is 0 Å². The molecule has 0 spiro atoms. The smallest absolute Gasteiger partial charge is 0.338 e. The standard InChI is InChI=1S/C15H12N4O5S/c1-16-11-3-2-9(6-12(11)19(21)22)15(20)23-7-13-17-14(24-18-13)10-4-5-25-8-10/h2-6,8,16H,7H2,1H3. The van der Waals surface area contributed by atoms with E-state index in [2.05, 4.69) is 15.5 Å². The molecular weight excluding hydrogens is 348 g/mol. The van der Waals surface area contributed by atoms with E-state index in [1.54, 1.807) is 7.05 Å². The molecule has 25 heavy (non-hydrogen) atoms. The van der Waals surface area contributed by atoms with Crippen molar-refractivity contribution in [1.29, 1.82) is 0 Å². The van der Waals surface area contributed by atoms with E-state index in [4.69, 9.17) is 9.26 Å². The van der Waals surface area contributed by atoms with Gasteiger partial charge in [0.25, 0.3) is 11.6 Å². The molecule has 0 saturated carbocycles. The van der Waals surface area contributed by atoms with Crippen molar-refractivity contribution in [2.75, 3.05) is 12.4 Å². The van der Waals surface area contributed by atoms with Crippen LogP contribution >= 0.6 is 11.3 Å². The van der Waals surface area contributed by atoms with Gasteiger partial charge in [-0.1, -0.05) is 5.16 Å². The lowest BCUT2D eigenvalue weighted by Gasteiger charge is -2.05. The third-order valence-corrected chi connectivity index (χ3v) is 3.95.